The van der Waals surface area contributed by atoms with E-state index in [1.54, 1.807) is 12.1 Å². The highest BCUT2D eigenvalue weighted by Gasteiger charge is 2.09. The lowest BCUT2D eigenvalue weighted by Crippen LogP contribution is -2.09. The first kappa shape index (κ1) is 28.9. The highest BCUT2D eigenvalue weighted by atomic mass is 16.5. The summed E-state index contributed by atoms with van der Waals surface area (Å²) in [5, 5.41) is 0. The van der Waals surface area contributed by atoms with Crippen molar-refractivity contribution in [3.8, 4) is 11.5 Å². The van der Waals surface area contributed by atoms with Crippen LogP contribution in [0.2, 0.25) is 0 Å². The van der Waals surface area contributed by atoms with Gasteiger partial charge in [-0.1, -0.05) is 70.9 Å². The quantitative estimate of drug-likeness (QED) is 0.114. The second-order valence-electron chi connectivity index (χ2n) is 9.45. The van der Waals surface area contributed by atoms with Crippen LogP contribution in [-0.4, -0.2) is 25.3 Å². The molecule has 2 rings (SSSR count). The van der Waals surface area contributed by atoms with Crippen LogP contribution in [0.3, 0.4) is 0 Å². The fourth-order valence-corrected chi connectivity index (χ4v) is 4.00. The molecule has 4 nitrogen and oxygen atoms in total. The molecular weight excluding hydrogens is 436 g/mol. The smallest absolute Gasteiger partial charge is 0.343 e. The minimum Gasteiger partial charge on any atom is -0.494 e. The zero-order valence-electron chi connectivity index (χ0n) is 22.2. The minimum atomic E-state index is -0.353. The first-order valence-electron chi connectivity index (χ1n) is 13.8. The molecule has 0 fully saturated rings. The standard InChI is InChI=1S/C31H46O4/c1-4-6-7-8-9-10-11-12-25-34-29-22-18-28(19-23-29)31(32)35-30-20-16-27(17-21-30)15-13-14-26(3)33-24-5-2/h16-23,26H,4-15,24-25H2,1-3H3. The Labute approximate surface area is 213 Å². The third-order valence-corrected chi connectivity index (χ3v) is 6.17. The molecule has 0 heterocycles. The van der Waals surface area contributed by atoms with Crippen LogP contribution in [0.15, 0.2) is 48.5 Å². The van der Waals surface area contributed by atoms with Gasteiger partial charge in [0.2, 0.25) is 0 Å². The molecule has 1 atom stereocenters. The maximum absolute atomic E-state index is 12.5. The van der Waals surface area contributed by atoms with Gasteiger partial charge in [0.05, 0.1) is 18.3 Å². The van der Waals surface area contributed by atoms with Crippen molar-refractivity contribution in [2.45, 2.75) is 104 Å². The van der Waals surface area contributed by atoms with E-state index in [9.17, 15) is 4.79 Å². The van der Waals surface area contributed by atoms with Crippen LogP contribution in [0.1, 0.15) is 107 Å². The molecule has 0 aromatic heterocycles. The first-order valence-corrected chi connectivity index (χ1v) is 13.8. The molecular formula is C31H46O4. The van der Waals surface area contributed by atoms with Crippen molar-refractivity contribution in [1.82, 2.24) is 0 Å². The number of benzene rings is 2. The maximum Gasteiger partial charge on any atom is 0.343 e. The molecule has 0 aliphatic carbocycles. The van der Waals surface area contributed by atoms with Crippen molar-refractivity contribution >= 4 is 5.97 Å². The Hall–Kier alpha value is -2.33. The fraction of sp³-hybridized carbons (Fsp3) is 0.581. The van der Waals surface area contributed by atoms with Crippen LogP contribution in [0.4, 0.5) is 0 Å². The summed E-state index contributed by atoms with van der Waals surface area (Å²) in [7, 11) is 0. The normalized spacial score (nSPS) is 11.9. The zero-order chi connectivity index (χ0) is 25.1. The second kappa shape index (κ2) is 18.0. The Bertz CT molecular complexity index is 798. The lowest BCUT2D eigenvalue weighted by Gasteiger charge is -2.12. The third-order valence-electron chi connectivity index (χ3n) is 6.17. The van der Waals surface area contributed by atoms with Crippen molar-refractivity contribution in [3.05, 3.63) is 59.7 Å². The number of carbonyl (C=O) groups excluding carboxylic acids is 1. The molecule has 0 aliphatic rings. The van der Waals surface area contributed by atoms with Crippen LogP contribution in [0, 0.1) is 0 Å². The second-order valence-corrected chi connectivity index (χ2v) is 9.45. The van der Waals surface area contributed by atoms with Crippen molar-refractivity contribution in [1.29, 1.82) is 0 Å². The van der Waals surface area contributed by atoms with Gasteiger partial charge in [0.25, 0.3) is 0 Å². The maximum atomic E-state index is 12.5. The van der Waals surface area contributed by atoms with Gasteiger partial charge >= 0.3 is 5.97 Å². The largest absolute Gasteiger partial charge is 0.494 e. The topological polar surface area (TPSA) is 44.8 Å². The van der Waals surface area contributed by atoms with Crippen molar-refractivity contribution < 1.29 is 19.0 Å². The Morgan fingerprint density at radius 2 is 1.34 bits per heavy atom. The van der Waals surface area contributed by atoms with E-state index >= 15 is 0 Å². The number of hydrogen-bond acceptors (Lipinski definition) is 4. The van der Waals surface area contributed by atoms with Gasteiger partial charge in [-0.25, -0.2) is 4.79 Å². The van der Waals surface area contributed by atoms with E-state index in [0.29, 0.717) is 17.4 Å². The number of rotatable bonds is 19. The molecule has 0 bridgehead atoms. The number of esters is 1. The van der Waals surface area contributed by atoms with Gasteiger partial charge < -0.3 is 14.2 Å². The lowest BCUT2D eigenvalue weighted by atomic mass is 10.1. The Balaban J connectivity index is 1.64. The number of hydrogen-bond donors (Lipinski definition) is 0. The van der Waals surface area contributed by atoms with Crippen molar-refractivity contribution in [3.63, 3.8) is 0 Å². The van der Waals surface area contributed by atoms with Gasteiger partial charge in [-0.2, -0.15) is 0 Å². The SMILES string of the molecule is CCCCCCCCCCOc1ccc(C(=O)Oc2ccc(CCCC(C)OCCC)cc2)cc1. The average Bonchev–Trinajstić information content (AvgIpc) is 2.88. The molecule has 0 saturated carbocycles. The van der Waals surface area contributed by atoms with Crippen LogP contribution in [0.5, 0.6) is 11.5 Å². The van der Waals surface area contributed by atoms with Gasteiger partial charge in [0, 0.05) is 6.61 Å². The molecule has 0 N–H and O–H groups in total. The van der Waals surface area contributed by atoms with Gasteiger partial charge in [0.15, 0.2) is 0 Å². The van der Waals surface area contributed by atoms with E-state index in [-0.39, 0.29) is 5.97 Å². The number of unbranched alkanes of at least 4 members (excludes halogenated alkanes) is 7. The molecule has 0 amide bonds. The summed E-state index contributed by atoms with van der Waals surface area (Å²) in [6.45, 7) is 8.06. The Kier molecular flexibility index (Phi) is 14.9. The van der Waals surface area contributed by atoms with Gasteiger partial charge in [-0.15, -0.1) is 0 Å². The monoisotopic (exact) mass is 482 g/mol. The molecule has 2 aromatic carbocycles. The summed E-state index contributed by atoms with van der Waals surface area (Å²) in [6.07, 6.45) is 14.7. The molecule has 35 heavy (non-hydrogen) atoms. The summed E-state index contributed by atoms with van der Waals surface area (Å²) >= 11 is 0. The van der Waals surface area contributed by atoms with Crippen LogP contribution in [0.25, 0.3) is 0 Å². The summed E-state index contributed by atoms with van der Waals surface area (Å²) in [6, 6.07) is 15.0. The van der Waals surface area contributed by atoms with Crippen molar-refractivity contribution in [2.24, 2.45) is 0 Å². The summed E-state index contributed by atoms with van der Waals surface area (Å²) in [5.41, 5.74) is 1.76. The van der Waals surface area contributed by atoms with Crippen LogP contribution < -0.4 is 9.47 Å². The molecule has 0 saturated heterocycles. The molecule has 1 unspecified atom stereocenters. The summed E-state index contributed by atoms with van der Waals surface area (Å²) in [4.78, 5) is 12.5. The van der Waals surface area contributed by atoms with E-state index in [2.05, 4.69) is 20.8 Å². The first-order chi connectivity index (χ1) is 17.1. The van der Waals surface area contributed by atoms with E-state index in [1.165, 1.54) is 50.5 Å². The van der Waals surface area contributed by atoms with Gasteiger partial charge in [-0.05, 0) is 81.0 Å². The molecule has 2 aromatic rings. The highest BCUT2D eigenvalue weighted by molar-refractivity contribution is 5.91. The number of ether oxygens (including phenoxy) is 3. The van der Waals surface area contributed by atoms with Gasteiger partial charge in [0.1, 0.15) is 11.5 Å². The van der Waals surface area contributed by atoms with E-state index < -0.39 is 0 Å². The molecule has 0 radical (unpaired) electrons. The molecule has 0 aliphatic heterocycles. The zero-order valence-corrected chi connectivity index (χ0v) is 22.2. The van der Waals surface area contributed by atoms with Gasteiger partial charge in [-0.3, -0.25) is 0 Å². The Morgan fingerprint density at radius 1 is 0.714 bits per heavy atom. The van der Waals surface area contributed by atoms with E-state index in [1.807, 2.05) is 36.4 Å². The predicted octanol–water partition coefficient (Wildman–Crippen LogP) is 8.56. The van der Waals surface area contributed by atoms with Crippen LogP contribution in [-0.2, 0) is 11.2 Å². The van der Waals surface area contributed by atoms with Crippen molar-refractivity contribution in [2.75, 3.05) is 13.2 Å². The summed E-state index contributed by atoms with van der Waals surface area (Å²) in [5.74, 6) is 1.01. The van der Waals surface area contributed by atoms with E-state index in [0.717, 1.165) is 51.1 Å². The van der Waals surface area contributed by atoms with Crippen LogP contribution >= 0.6 is 0 Å². The highest BCUT2D eigenvalue weighted by Crippen LogP contribution is 2.18. The molecule has 194 valence electrons. The third kappa shape index (κ3) is 12.8. The fourth-order valence-electron chi connectivity index (χ4n) is 4.00. The lowest BCUT2D eigenvalue weighted by molar-refractivity contribution is 0.0595. The predicted molar refractivity (Wildman–Crippen MR) is 145 cm³/mol. The molecule has 0 spiro atoms. The number of carbonyl (C=O) groups is 1. The summed E-state index contributed by atoms with van der Waals surface area (Å²) < 4.78 is 17.1. The minimum absolute atomic E-state index is 0.303. The number of aryl methyl sites for hydroxylation is 1. The Morgan fingerprint density at radius 3 is 2.00 bits per heavy atom. The molecule has 4 heteroatoms. The average molecular weight is 483 g/mol. The van der Waals surface area contributed by atoms with E-state index in [4.69, 9.17) is 14.2 Å².